The van der Waals surface area contributed by atoms with Crippen LogP contribution in [0.2, 0.25) is 0 Å². The summed E-state index contributed by atoms with van der Waals surface area (Å²) in [5, 5.41) is 0. The van der Waals surface area contributed by atoms with Gasteiger partial charge in [0.05, 0.1) is 0 Å². The first-order chi connectivity index (χ1) is 19.8. The molecule has 2 unspecified atom stereocenters. The lowest BCUT2D eigenvalue weighted by molar-refractivity contribution is 0.642. The minimum atomic E-state index is 0.604. The molecule has 4 aromatic carbocycles. The lowest BCUT2D eigenvalue weighted by Crippen LogP contribution is -1.98. The maximum Gasteiger partial charge on any atom is 0.00275 e. The standard InChI is InChI=1S/2C20H18/c2*1-3-7-19-15(5-1)9-11-17(19)13-14-18-12-10-16-6-2-4-8-20(16)18/h1-8,11-12H,9-10,13-14H2;1-12,17-18H,13-14H2. The molecule has 0 aromatic heterocycles. The number of rotatable bonds is 6. The molecule has 0 nitrogen and oxygen atoms in total. The zero-order valence-corrected chi connectivity index (χ0v) is 23.1. The third-order valence-corrected chi connectivity index (χ3v) is 9.12. The lowest BCUT2D eigenvalue weighted by Gasteiger charge is -2.15. The molecule has 40 heavy (non-hydrogen) atoms. The molecule has 4 aliphatic carbocycles. The van der Waals surface area contributed by atoms with Crippen LogP contribution in [0.3, 0.4) is 0 Å². The summed E-state index contributed by atoms with van der Waals surface area (Å²) in [5.41, 5.74) is 14.8. The molecule has 8 rings (SSSR count). The maximum atomic E-state index is 2.41. The molecule has 0 aliphatic heterocycles. The molecule has 0 bridgehead atoms. The zero-order valence-electron chi connectivity index (χ0n) is 23.1. The molecule has 4 aliphatic rings. The van der Waals surface area contributed by atoms with E-state index in [-0.39, 0.29) is 0 Å². The Morgan fingerprint density at radius 2 is 0.900 bits per heavy atom. The van der Waals surface area contributed by atoms with Gasteiger partial charge in [-0.05, 0) is 94.2 Å². The summed E-state index contributed by atoms with van der Waals surface area (Å²) in [6.45, 7) is 0. The Morgan fingerprint density at radius 1 is 0.475 bits per heavy atom. The molecule has 0 radical (unpaired) electrons. The van der Waals surface area contributed by atoms with Crippen molar-refractivity contribution < 1.29 is 0 Å². The highest BCUT2D eigenvalue weighted by Gasteiger charge is 2.21. The molecule has 0 amide bonds. The van der Waals surface area contributed by atoms with Gasteiger partial charge >= 0.3 is 0 Å². The van der Waals surface area contributed by atoms with Crippen LogP contribution in [-0.4, -0.2) is 0 Å². The summed E-state index contributed by atoms with van der Waals surface area (Å²) in [5.74, 6) is 1.21. The van der Waals surface area contributed by atoms with E-state index in [1.165, 1.54) is 68.5 Å². The predicted molar refractivity (Wildman–Crippen MR) is 171 cm³/mol. The summed E-state index contributed by atoms with van der Waals surface area (Å²) in [6, 6.07) is 35.2. The highest BCUT2D eigenvalue weighted by atomic mass is 14.3. The van der Waals surface area contributed by atoms with E-state index in [0.29, 0.717) is 11.8 Å². The van der Waals surface area contributed by atoms with Gasteiger partial charge < -0.3 is 0 Å². The van der Waals surface area contributed by atoms with Crippen molar-refractivity contribution >= 4 is 23.3 Å². The fourth-order valence-electron chi connectivity index (χ4n) is 6.96. The predicted octanol–water partition coefficient (Wildman–Crippen LogP) is 10.4. The molecule has 0 saturated carbocycles. The Balaban J connectivity index is 0.000000132. The third kappa shape index (κ3) is 4.95. The number of benzene rings is 4. The Kier molecular flexibility index (Phi) is 6.92. The van der Waals surface area contributed by atoms with Crippen molar-refractivity contribution in [1.82, 2.24) is 0 Å². The molecule has 0 spiro atoms. The van der Waals surface area contributed by atoms with Gasteiger partial charge in [-0.15, -0.1) is 0 Å². The first-order valence-corrected chi connectivity index (χ1v) is 14.9. The number of fused-ring (bicyclic) bond motifs is 4. The van der Waals surface area contributed by atoms with Crippen LogP contribution in [0.15, 0.2) is 121 Å². The van der Waals surface area contributed by atoms with Gasteiger partial charge in [0.25, 0.3) is 0 Å². The van der Waals surface area contributed by atoms with E-state index in [0.717, 1.165) is 25.7 Å². The van der Waals surface area contributed by atoms with E-state index in [2.05, 4.69) is 134 Å². The van der Waals surface area contributed by atoms with Crippen LogP contribution in [0.5, 0.6) is 0 Å². The summed E-state index contributed by atoms with van der Waals surface area (Å²) in [6.07, 6.45) is 21.1. The normalized spacial score (nSPS) is 18.8. The average molecular weight is 517 g/mol. The first kappa shape index (κ1) is 24.9. The Labute approximate surface area is 239 Å². The van der Waals surface area contributed by atoms with Gasteiger partial charge in [-0.25, -0.2) is 0 Å². The fourth-order valence-corrected chi connectivity index (χ4v) is 6.96. The van der Waals surface area contributed by atoms with Crippen molar-refractivity contribution in [3.05, 3.63) is 166 Å². The van der Waals surface area contributed by atoms with Crippen molar-refractivity contribution in [2.45, 2.75) is 50.4 Å². The first-order valence-electron chi connectivity index (χ1n) is 14.9. The van der Waals surface area contributed by atoms with E-state index < -0.39 is 0 Å². The van der Waals surface area contributed by atoms with Crippen LogP contribution in [-0.2, 0) is 12.8 Å². The van der Waals surface area contributed by atoms with Gasteiger partial charge in [-0.2, -0.15) is 0 Å². The third-order valence-electron chi connectivity index (χ3n) is 9.12. The van der Waals surface area contributed by atoms with Crippen molar-refractivity contribution in [2.24, 2.45) is 0 Å². The van der Waals surface area contributed by atoms with Crippen molar-refractivity contribution in [3.63, 3.8) is 0 Å². The quantitative estimate of drug-likeness (QED) is 0.239. The molecule has 0 fully saturated rings. The van der Waals surface area contributed by atoms with Gasteiger partial charge in [0, 0.05) is 11.8 Å². The van der Waals surface area contributed by atoms with E-state index in [4.69, 9.17) is 0 Å². The molecular weight excluding hydrogens is 480 g/mol. The van der Waals surface area contributed by atoms with Gasteiger partial charge in [-0.3, -0.25) is 0 Å². The van der Waals surface area contributed by atoms with Crippen LogP contribution in [0.25, 0.3) is 23.3 Å². The van der Waals surface area contributed by atoms with Gasteiger partial charge in [-0.1, -0.05) is 134 Å². The maximum absolute atomic E-state index is 2.41. The van der Waals surface area contributed by atoms with Crippen molar-refractivity contribution in [3.8, 4) is 0 Å². The van der Waals surface area contributed by atoms with Crippen molar-refractivity contribution in [1.29, 1.82) is 0 Å². The molecule has 196 valence electrons. The van der Waals surface area contributed by atoms with Crippen LogP contribution in [0.1, 0.15) is 82.0 Å². The topological polar surface area (TPSA) is 0 Å². The highest BCUT2D eigenvalue weighted by molar-refractivity contribution is 5.77. The average Bonchev–Trinajstić information content (AvgIpc) is 3.80. The summed E-state index contributed by atoms with van der Waals surface area (Å²) in [7, 11) is 0. The van der Waals surface area contributed by atoms with Crippen LogP contribution >= 0.6 is 0 Å². The minimum Gasteiger partial charge on any atom is -0.0764 e. The van der Waals surface area contributed by atoms with Gasteiger partial charge in [0.1, 0.15) is 0 Å². The monoisotopic (exact) mass is 516 g/mol. The van der Waals surface area contributed by atoms with E-state index in [1.54, 1.807) is 0 Å². The second-order valence-electron chi connectivity index (χ2n) is 11.4. The molecule has 2 atom stereocenters. The molecule has 0 saturated heterocycles. The number of hydrogen-bond donors (Lipinski definition) is 0. The summed E-state index contributed by atoms with van der Waals surface area (Å²) in [4.78, 5) is 0. The van der Waals surface area contributed by atoms with E-state index >= 15 is 0 Å². The second kappa shape index (κ2) is 11.1. The van der Waals surface area contributed by atoms with E-state index in [1.807, 2.05) is 0 Å². The number of hydrogen-bond acceptors (Lipinski definition) is 0. The zero-order chi connectivity index (χ0) is 26.7. The highest BCUT2D eigenvalue weighted by Crippen LogP contribution is 2.39. The van der Waals surface area contributed by atoms with Crippen LogP contribution in [0, 0.1) is 0 Å². The largest absolute Gasteiger partial charge is 0.0764 e. The minimum absolute atomic E-state index is 0.604. The Bertz CT molecular complexity index is 1530. The number of allylic oxidation sites excluding steroid dienone is 6. The van der Waals surface area contributed by atoms with Crippen molar-refractivity contribution in [2.75, 3.05) is 0 Å². The Morgan fingerprint density at radius 3 is 1.40 bits per heavy atom. The lowest BCUT2D eigenvalue weighted by atomic mass is 9.89. The molecular formula is C40H36. The molecule has 4 aromatic rings. The molecule has 0 heterocycles. The van der Waals surface area contributed by atoms with Crippen LogP contribution < -0.4 is 0 Å². The second-order valence-corrected chi connectivity index (χ2v) is 11.4. The summed E-state index contributed by atoms with van der Waals surface area (Å²) >= 11 is 0. The SMILES string of the molecule is C1=C(CCC2=CCc3ccccc32)c2ccccc2C1.C1=CC(CCC2C=Cc3ccccc32)c2ccccc21. The van der Waals surface area contributed by atoms with Gasteiger partial charge in [0.2, 0.25) is 0 Å². The molecule has 0 heteroatoms. The van der Waals surface area contributed by atoms with Gasteiger partial charge in [0.15, 0.2) is 0 Å². The van der Waals surface area contributed by atoms with Crippen LogP contribution in [0.4, 0.5) is 0 Å². The molecule has 0 N–H and O–H groups in total. The smallest absolute Gasteiger partial charge is 0.00275 e. The fraction of sp³-hybridized carbons (Fsp3) is 0.200. The van der Waals surface area contributed by atoms with E-state index in [9.17, 15) is 0 Å². The summed E-state index contributed by atoms with van der Waals surface area (Å²) < 4.78 is 0. The Hall–Kier alpha value is -4.16.